The Hall–Kier alpha value is -3.59. The zero-order valence-corrected chi connectivity index (χ0v) is 19.1. The summed E-state index contributed by atoms with van der Waals surface area (Å²) < 4.78 is 34.4. The Morgan fingerprint density at radius 1 is 1.06 bits per heavy atom. The molecule has 2 amide bonds. The summed E-state index contributed by atoms with van der Waals surface area (Å²) in [6.45, 7) is 1.93. The number of rotatable bonds is 5. The van der Waals surface area contributed by atoms with Crippen molar-refractivity contribution in [3.05, 3.63) is 89.0 Å². The van der Waals surface area contributed by atoms with Gasteiger partial charge in [0.2, 0.25) is 5.91 Å². The van der Waals surface area contributed by atoms with Crippen LogP contribution in [0.5, 0.6) is 0 Å². The Bertz CT molecular complexity index is 1220. The predicted molar refractivity (Wildman–Crippen MR) is 123 cm³/mol. The van der Waals surface area contributed by atoms with Crippen molar-refractivity contribution in [2.45, 2.75) is 38.6 Å². The molecule has 1 fully saturated rings. The van der Waals surface area contributed by atoms with Crippen LogP contribution < -0.4 is 5.32 Å². The first kappa shape index (κ1) is 23.2. The number of halogens is 2. The highest BCUT2D eigenvalue weighted by Gasteiger charge is 2.32. The van der Waals surface area contributed by atoms with Gasteiger partial charge in [-0.2, -0.15) is 0 Å². The lowest BCUT2D eigenvalue weighted by Gasteiger charge is -2.31. The molecule has 0 saturated carbocycles. The number of benzene rings is 2. The van der Waals surface area contributed by atoms with Gasteiger partial charge in [-0.15, -0.1) is 0 Å². The van der Waals surface area contributed by atoms with Crippen LogP contribution in [0.4, 0.5) is 8.78 Å². The average Bonchev–Trinajstić information content (AvgIpc) is 3.31. The van der Waals surface area contributed by atoms with Crippen LogP contribution in [-0.2, 0) is 29.2 Å². The summed E-state index contributed by atoms with van der Waals surface area (Å²) in [7, 11) is 0. The predicted octanol–water partition coefficient (Wildman–Crippen LogP) is 3.60. The normalized spacial score (nSPS) is 18.2. The number of ether oxygens (including phenoxy) is 1. The molecule has 1 N–H and O–H groups in total. The number of piperidine rings is 1. The number of likely N-dealkylation sites (tertiary alicyclic amines) is 1. The zero-order valence-electron chi connectivity index (χ0n) is 19.1. The zero-order chi connectivity index (χ0) is 24.4. The fourth-order valence-corrected chi connectivity index (χ4v) is 4.66. The highest BCUT2D eigenvalue weighted by atomic mass is 19.1. The van der Waals surface area contributed by atoms with Crippen molar-refractivity contribution in [2.24, 2.45) is 5.92 Å². The van der Waals surface area contributed by atoms with E-state index >= 15 is 0 Å². The third-order valence-electron chi connectivity index (χ3n) is 6.68. The van der Waals surface area contributed by atoms with Crippen molar-refractivity contribution >= 4 is 11.8 Å². The summed E-state index contributed by atoms with van der Waals surface area (Å²) in [5.74, 6) is -1.07. The van der Waals surface area contributed by atoms with Crippen LogP contribution in [0.15, 0.2) is 54.9 Å². The standard InChI is InChI=1S/C26H26F2N4O3/c27-20-6-4-18(5-7-20)23-14-32-16-30-24(22(32)15-35-23)26(34)31-10-8-19(9-11-31)25(33)29-13-17-2-1-3-21(28)12-17/h1-7,12,16,19,23H,8-11,13-15H2,(H,29,33)/t23-/m1/s1. The van der Waals surface area contributed by atoms with E-state index < -0.39 is 0 Å². The first-order chi connectivity index (χ1) is 17.0. The second kappa shape index (κ2) is 9.95. The molecule has 1 aromatic heterocycles. The molecule has 7 nitrogen and oxygen atoms in total. The molecule has 2 aromatic carbocycles. The van der Waals surface area contributed by atoms with E-state index in [0.717, 1.165) is 11.3 Å². The second-order valence-corrected chi connectivity index (χ2v) is 8.96. The van der Waals surface area contributed by atoms with E-state index in [1.165, 1.54) is 24.3 Å². The summed E-state index contributed by atoms with van der Waals surface area (Å²) in [5.41, 5.74) is 2.68. The SMILES string of the molecule is O=C(NCc1cccc(F)c1)C1CCN(C(=O)c2ncn3c2CO[C@@H](c2ccc(F)cc2)C3)CC1. The number of nitrogens with zero attached hydrogens (tertiary/aromatic N) is 3. The molecule has 9 heteroatoms. The number of aromatic nitrogens is 2. The van der Waals surface area contributed by atoms with Gasteiger partial charge in [0.05, 0.1) is 25.2 Å². The summed E-state index contributed by atoms with van der Waals surface area (Å²) in [5, 5.41) is 2.87. The van der Waals surface area contributed by atoms with Gasteiger partial charge in [0.15, 0.2) is 5.69 Å². The number of carbonyl (C=O) groups is 2. The van der Waals surface area contributed by atoms with Gasteiger partial charge < -0.3 is 19.5 Å². The molecule has 3 heterocycles. The number of nitrogens with one attached hydrogen (secondary N) is 1. The molecule has 1 saturated heterocycles. The van der Waals surface area contributed by atoms with Gasteiger partial charge in [0, 0.05) is 25.6 Å². The molecule has 35 heavy (non-hydrogen) atoms. The van der Waals surface area contributed by atoms with Gasteiger partial charge in [0.1, 0.15) is 17.7 Å². The quantitative estimate of drug-likeness (QED) is 0.606. The largest absolute Gasteiger partial charge is 0.365 e. The average molecular weight is 481 g/mol. The molecule has 0 aliphatic carbocycles. The molecular weight excluding hydrogens is 454 g/mol. The fraction of sp³-hybridized carbons (Fsp3) is 0.346. The number of hydrogen-bond acceptors (Lipinski definition) is 4. The minimum absolute atomic E-state index is 0.0824. The van der Waals surface area contributed by atoms with Crippen LogP contribution >= 0.6 is 0 Å². The lowest BCUT2D eigenvalue weighted by Crippen LogP contribution is -2.43. The van der Waals surface area contributed by atoms with Crippen LogP contribution in [0.3, 0.4) is 0 Å². The minimum atomic E-state index is -0.332. The Balaban J connectivity index is 1.15. The minimum Gasteiger partial charge on any atom is -0.365 e. The second-order valence-electron chi connectivity index (χ2n) is 8.96. The third kappa shape index (κ3) is 5.09. The summed E-state index contributed by atoms with van der Waals surface area (Å²) in [6, 6.07) is 12.4. The lowest BCUT2D eigenvalue weighted by molar-refractivity contribution is -0.126. The van der Waals surface area contributed by atoms with Gasteiger partial charge in [-0.05, 0) is 48.2 Å². The van der Waals surface area contributed by atoms with Gasteiger partial charge >= 0.3 is 0 Å². The van der Waals surface area contributed by atoms with Crippen LogP contribution in [0.2, 0.25) is 0 Å². The van der Waals surface area contributed by atoms with Gasteiger partial charge in [0.25, 0.3) is 5.91 Å². The molecular formula is C26H26F2N4O3. The first-order valence-electron chi connectivity index (χ1n) is 11.7. The summed E-state index contributed by atoms with van der Waals surface area (Å²) in [6.07, 6.45) is 2.52. The number of amides is 2. The molecule has 2 aliphatic rings. The van der Waals surface area contributed by atoms with Crippen molar-refractivity contribution in [1.82, 2.24) is 19.8 Å². The van der Waals surface area contributed by atoms with E-state index in [4.69, 9.17) is 4.74 Å². The fourth-order valence-electron chi connectivity index (χ4n) is 4.66. The van der Waals surface area contributed by atoms with E-state index in [0.29, 0.717) is 43.7 Å². The number of carbonyl (C=O) groups excluding carboxylic acids is 2. The molecule has 5 rings (SSSR count). The number of fused-ring (bicyclic) bond motifs is 1. The van der Waals surface area contributed by atoms with Crippen molar-refractivity contribution in [3.63, 3.8) is 0 Å². The van der Waals surface area contributed by atoms with Gasteiger partial charge in [-0.3, -0.25) is 9.59 Å². The monoisotopic (exact) mass is 480 g/mol. The van der Waals surface area contributed by atoms with Crippen molar-refractivity contribution in [3.8, 4) is 0 Å². The Kier molecular flexibility index (Phi) is 6.59. The van der Waals surface area contributed by atoms with Crippen molar-refractivity contribution < 1.29 is 23.1 Å². The van der Waals surface area contributed by atoms with E-state index in [1.54, 1.807) is 35.5 Å². The molecule has 0 radical (unpaired) electrons. The first-order valence-corrected chi connectivity index (χ1v) is 11.7. The van der Waals surface area contributed by atoms with E-state index in [9.17, 15) is 18.4 Å². The molecule has 182 valence electrons. The highest BCUT2D eigenvalue weighted by Crippen LogP contribution is 2.29. The van der Waals surface area contributed by atoms with E-state index in [1.807, 2.05) is 4.57 Å². The maximum Gasteiger partial charge on any atom is 0.274 e. The smallest absolute Gasteiger partial charge is 0.274 e. The molecule has 0 bridgehead atoms. The molecule has 0 unspecified atom stereocenters. The number of imidazole rings is 1. The number of hydrogen-bond donors (Lipinski definition) is 1. The van der Waals surface area contributed by atoms with Crippen LogP contribution in [0.25, 0.3) is 0 Å². The highest BCUT2D eigenvalue weighted by molar-refractivity contribution is 5.93. The van der Waals surface area contributed by atoms with Crippen molar-refractivity contribution in [1.29, 1.82) is 0 Å². The summed E-state index contributed by atoms with van der Waals surface area (Å²) >= 11 is 0. The Labute approximate surface area is 201 Å². The molecule has 0 spiro atoms. The third-order valence-corrected chi connectivity index (χ3v) is 6.68. The maximum atomic E-state index is 13.3. The van der Waals surface area contributed by atoms with Gasteiger partial charge in [-0.1, -0.05) is 24.3 Å². The molecule has 3 aromatic rings. The topological polar surface area (TPSA) is 76.5 Å². The molecule has 2 aliphatic heterocycles. The molecule has 1 atom stereocenters. The summed E-state index contributed by atoms with van der Waals surface area (Å²) in [4.78, 5) is 31.8. The van der Waals surface area contributed by atoms with Gasteiger partial charge in [-0.25, -0.2) is 13.8 Å². The maximum absolute atomic E-state index is 13.3. The van der Waals surface area contributed by atoms with Crippen molar-refractivity contribution in [2.75, 3.05) is 13.1 Å². The van der Waals surface area contributed by atoms with Crippen LogP contribution in [-0.4, -0.2) is 39.4 Å². The van der Waals surface area contributed by atoms with E-state index in [2.05, 4.69) is 10.3 Å². The lowest BCUT2D eigenvalue weighted by atomic mass is 9.95. The van der Waals surface area contributed by atoms with Crippen LogP contribution in [0.1, 0.15) is 46.3 Å². The Morgan fingerprint density at radius 2 is 1.83 bits per heavy atom. The van der Waals surface area contributed by atoms with Crippen LogP contribution in [0, 0.1) is 17.6 Å². The Morgan fingerprint density at radius 3 is 2.57 bits per heavy atom. The van der Waals surface area contributed by atoms with E-state index in [-0.39, 0.29) is 48.6 Å².